The zero-order valence-corrected chi connectivity index (χ0v) is 16.8. The number of ether oxygens (including phenoxy) is 3. The van der Waals surface area contributed by atoms with Gasteiger partial charge in [-0.25, -0.2) is 4.79 Å². The van der Waals surface area contributed by atoms with Crippen molar-refractivity contribution in [3.63, 3.8) is 0 Å². The molecule has 7 nitrogen and oxygen atoms in total. The highest BCUT2D eigenvalue weighted by Crippen LogP contribution is 2.30. The van der Waals surface area contributed by atoms with Crippen LogP contribution < -0.4 is 10.4 Å². The average Bonchev–Trinajstić information content (AvgIpc) is 2.76. The first-order valence-corrected chi connectivity index (χ1v) is 10.4. The summed E-state index contributed by atoms with van der Waals surface area (Å²) in [6, 6.07) is 8.17. The molecule has 1 fully saturated rings. The number of fused-ring (bicyclic) bond motifs is 3. The van der Waals surface area contributed by atoms with Crippen LogP contribution in [0.5, 0.6) is 5.88 Å². The monoisotopic (exact) mass is 400 g/mol. The summed E-state index contributed by atoms with van der Waals surface area (Å²) in [6.07, 6.45) is 2.78. The summed E-state index contributed by atoms with van der Waals surface area (Å²) in [7, 11) is 0. The van der Waals surface area contributed by atoms with Crippen LogP contribution in [-0.4, -0.2) is 53.3 Å². The summed E-state index contributed by atoms with van der Waals surface area (Å²) in [5.41, 5.74) is 4.01. The fourth-order valence-corrected chi connectivity index (χ4v) is 3.84. The van der Waals surface area contributed by atoms with Gasteiger partial charge in [0.1, 0.15) is 12.7 Å². The number of nitrogens with zero attached hydrogens (tertiary/aromatic N) is 2. The van der Waals surface area contributed by atoms with E-state index in [0.29, 0.717) is 38.9 Å². The summed E-state index contributed by atoms with van der Waals surface area (Å²) in [6.45, 7) is 4.55. The van der Waals surface area contributed by atoms with Gasteiger partial charge < -0.3 is 19.3 Å². The van der Waals surface area contributed by atoms with Gasteiger partial charge in [-0.15, -0.1) is 0 Å². The maximum atomic E-state index is 12.5. The van der Waals surface area contributed by atoms with E-state index in [4.69, 9.17) is 14.2 Å². The van der Waals surface area contributed by atoms with E-state index < -0.39 is 0 Å². The van der Waals surface area contributed by atoms with Gasteiger partial charge in [0.25, 0.3) is 0 Å². The molecule has 1 aromatic heterocycles. The number of aryl methyl sites for hydroxylation is 2. The Balaban J connectivity index is 1.53. The Bertz CT molecular complexity index is 905. The number of benzene rings is 1. The van der Waals surface area contributed by atoms with Gasteiger partial charge in [0.05, 0.1) is 31.6 Å². The van der Waals surface area contributed by atoms with E-state index in [2.05, 4.69) is 23.2 Å². The van der Waals surface area contributed by atoms with Gasteiger partial charge in [0.2, 0.25) is 5.88 Å². The fraction of sp³-hybridized carbons (Fsp3) is 0.545. The molecule has 0 aliphatic carbocycles. The summed E-state index contributed by atoms with van der Waals surface area (Å²) >= 11 is 0. The van der Waals surface area contributed by atoms with Crippen LogP contribution in [0.1, 0.15) is 30.9 Å². The van der Waals surface area contributed by atoms with E-state index >= 15 is 0 Å². The lowest BCUT2D eigenvalue weighted by Crippen LogP contribution is -2.34. The third kappa shape index (κ3) is 4.69. The van der Waals surface area contributed by atoms with Gasteiger partial charge in [-0.05, 0) is 36.8 Å². The third-order valence-electron chi connectivity index (χ3n) is 5.58. The minimum absolute atomic E-state index is 0.141. The van der Waals surface area contributed by atoms with Gasteiger partial charge in [-0.1, -0.05) is 25.1 Å². The van der Waals surface area contributed by atoms with Crippen molar-refractivity contribution >= 4 is 0 Å². The SMILES string of the molecule is CCC(O)CCc1ccc2c(c1)CCn1c-2cc(OCC2COCCO2)nc1=O. The van der Waals surface area contributed by atoms with Crippen LogP contribution in [0.4, 0.5) is 0 Å². The van der Waals surface area contributed by atoms with Crippen molar-refractivity contribution in [3.05, 3.63) is 45.9 Å². The first kappa shape index (κ1) is 20.1. The Kier molecular flexibility index (Phi) is 6.28. The molecule has 0 radical (unpaired) electrons. The minimum Gasteiger partial charge on any atom is -0.475 e. The number of aromatic nitrogens is 2. The molecule has 7 heteroatoms. The van der Waals surface area contributed by atoms with Crippen molar-refractivity contribution < 1.29 is 19.3 Å². The maximum Gasteiger partial charge on any atom is 0.351 e. The van der Waals surface area contributed by atoms with Crippen LogP contribution in [-0.2, 0) is 28.9 Å². The summed E-state index contributed by atoms with van der Waals surface area (Å²) < 4.78 is 18.4. The topological polar surface area (TPSA) is 82.8 Å². The van der Waals surface area contributed by atoms with E-state index in [0.717, 1.165) is 36.9 Å². The Morgan fingerprint density at radius 1 is 1.34 bits per heavy atom. The second-order valence-corrected chi connectivity index (χ2v) is 7.63. The predicted molar refractivity (Wildman–Crippen MR) is 108 cm³/mol. The molecular formula is C22H28N2O5. The first-order chi connectivity index (χ1) is 14.1. The molecule has 0 amide bonds. The molecule has 156 valence electrons. The van der Waals surface area contributed by atoms with E-state index in [1.807, 2.05) is 13.0 Å². The standard InChI is InChI=1S/C22H28N2O5/c1-2-17(25)5-3-15-4-6-19-16(11-15)7-8-24-20(19)12-21(23-22(24)26)29-14-18-13-27-9-10-28-18/h4,6,11-12,17-18,25H,2-3,5,7-10,13-14H2,1H3. The molecule has 29 heavy (non-hydrogen) atoms. The van der Waals surface area contributed by atoms with E-state index in [-0.39, 0.29) is 17.9 Å². The van der Waals surface area contributed by atoms with Crippen molar-refractivity contribution in [1.29, 1.82) is 0 Å². The average molecular weight is 400 g/mol. The highest BCUT2D eigenvalue weighted by molar-refractivity contribution is 5.67. The van der Waals surface area contributed by atoms with Crippen molar-refractivity contribution in [2.24, 2.45) is 0 Å². The largest absolute Gasteiger partial charge is 0.475 e. The summed E-state index contributed by atoms with van der Waals surface area (Å²) in [4.78, 5) is 16.6. The molecule has 2 unspecified atom stereocenters. The minimum atomic E-state index is -0.292. The van der Waals surface area contributed by atoms with Crippen LogP contribution in [0.2, 0.25) is 0 Å². The van der Waals surface area contributed by atoms with Crippen molar-refractivity contribution in [2.75, 3.05) is 26.4 Å². The van der Waals surface area contributed by atoms with E-state index in [1.165, 1.54) is 11.1 Å². The van der Waals surface area contributed by atoms with Crippen molar-refractivity contribution in [2.45, 2.75) is 51.4 Å². The number of hydrogen-bond acceptors (Lipinski definition) is 6. The summed E-state index contributed by atoms with van der Waals surface area (Å²) in [5, 5.41) is 9.82. The molecule has 0 bridgehead atoms. The van der Waals surface area contributed by atoms with E-state index in [1.54, 1.807) is 4.57 Å². The Morgan fingerprint density at radius 3 is 3.03 bits per heavy atom. The molecule has 3 heterocycles. The first-order valence-electron chi connectivity index (χ1n) is 10.4. The van der Waals surface area contributed by atoms with Gasteiger partial charge in [0.15, 0.2) is 0 Å². The lowest BCUT2D eigenvalue weighted by Gasteiger charge is -2.24. The zero-order valence-electron chi connectivity index (χ0n) is 16.8. The molecule has 2 aromatic rings. The quantitative estimate of drug-likeness (QED) is 0.765. The van der Waals surface area contributed by atoms with Crippen molar-refractivity contribution in [3.8, 4) is 17.1 Å². The number of aliphatic hydroxyl groups is 1. The molecule has 0 spiro atoms. The smallest absolute Gasteiger partial charge is 0.351 e. The van der Waals surface area contributed by atoms with Crippen LogP contribution in [0.15, 0.2) is 29.1 Å². The predicted octanol–water partition coefficient (Wildman–Crippen LogP) is 1.96. The Morgan fingerprint density at radius 2 is 2.24 bits per heavy atom. The molecule has 1 aromatic carbocycles. The molecule has 0 saturated carbocycles. The number of hydrogen-bond donors (Lipinski definition) is 1. The zero-order chi connectivity index (χ0) is 20.2. The van der Waals surface area contributed by atoms with Crippen LogP contribution >= 0.6 is 0 Å². The lowest BCUT2D eigenvalue weighted by molar-refractivity contribution is -0.102. The second-order valence-electron chi connectivity index (χ2n) is 7.63. The maximum absolute atomic E-state index is 12.5. The van der Waals surface area contributed by atoms with Gasteiger partial charge in [-0.2, -0.15) is 4.98 Å². The fourth-order valence-electron chi connectivity index (χ4n) is 3.84. The Labute approximate surface area is 170 Å². The highest BCUT2D eigenvalue weighted by Gasteiger charge is 2.21. The second kappa shape index (κ2) is 9.07. The molecule has 1 N–H and O–H groups in total. The lowest BCUT2D eigenvalue weighted by atomic mass is 9.94. The molecule has 2 aliphatic heterocycles. The van der Waals surface area contributed by atoms with Gasteiger partial charge >= 0.3 is 5.69 Å². The molecule has 1 saturated heterocycles. The molecule has 2 atom stereocenters. The van der Waals surface area contributed by atoms with Crippen LogP contribution in [0.25, 0.3) is 11.3 Å². The van der Waals surface area contributed by atoms with Crippen LogP contribution in [0, 0.1) is 0 Å². The normalized spacial score (nSPS) is 19.3. The third-order valence-corrected chi connectivity index (χ3v) is 5.58. The van der Waals surface area contributed by atoms with Crippen LogP contribution in [0.3, 0.4) is 0 Å². The van der Waals surface area contributed by atoms with Gasteiger partial charge in [0, 0.05) is 18.2 Å². The molecule has 2 aliphatic rings. The van der Waals surface area contributed by atoms with E-state index in [9.17, 15) is 9.90 Å². The van der Waals surface area contributed by atoms with Crippen molar-refractivity contribution in [1.82, 2.24) is 9.55 Å². The highest BCUT2D eigenvalue weighted by atomic mass is 16.6. The van der Waals surface area contributed by atoms with Gasteiger partial charge in [-0.3, -0.25) is 4.57 Å². The Hall–Kier alpha value is -2.22. The summed E-state index contributed by atoms with van der Waals surface area (Å²) in [5.74, 6) is 0.318. The number of rotatable bonds is 7. The molecular weight excluding hydrogens is 372 g/mol. The molecule has 4 rings (SSSR count). The number of aliphatic hydroxyl groups excluding tert-OH is 1.